The average molecular weight is 444 g/mol. The van der Waals surface area contributed by atoms with Crippen molar-refractivity contribution in [1.82, 2.24) is 14.5 Å². The molecule has 0 unspecified atom stereocenters. The molecule has 0 atom stereocenters. The summed E-state index contributed by atoms with van der Waals surface area (Å²) in [5.74, 6) is -0.220. The lowest BCUT2D eigenvalue weighted by atomic mass is 10.1. The molecule has 0 aromatic heterocycles. The second-order valence-electron chi connectivity index (χ2n) is 8.02. The second-order valence-corrected chi connectivity index (χ2v) is 9.96. The topological polar surface area (TPSA) is 79.0 Å². The molecule has 2 heterocycles. The van der Waals surface area contributed by atoms with E-state index in [0.717, 1.165) is 51.3 Å². The fourth-order valence-corrected chi connectivity index (χ4v) is 5.44. The van der Waals surface area contributed by atoms with Gasteiger partial charge in [0.15, 0.2) is 0 Å². The molecule has 1 N–H and O–H groups in total. The van der Waals surface area contributed by atoms with Crippen LogP contribution in [0.25, 0.3) is 0 Å². The van der Waals surface area contributed by atoms with Crippen LogP contribution in [0.3, 0.4) is 0 Å². The molecule has 0 bridgehead atoms. The van der Waals surface area contributed by atoms with E-state index in [1.807, 2.05) is 12.1 Å². The Morgan fingerprint density at radius 2 is 1.48 bits per heavy atom. The molecule has 0 radical (unpaired) electrons. The van der Waals surface area contributed by atoms with Crippen molar-refractivity contribution < 1.29 is 17.9 Å². The van der Waals surface area contributed by atoms with Crippen LogP contribution in [0.1, 0.15) is 34.3 Å². The summed E-state index contributed by atoms with van der Waals surface area (Å²) in [6.07, 6.45) is 1.79. The molecule has 2 saturated heterocycles. The predicted octanol–water partition coefficient (Wildman–Crippen LogP) is 2.23. The molecular formula is C23H29N3O4S. The summed E-state index contributed by atoms with van der Waals surface area (Å²) in [5, 5.41) is 2.90. The Bertz CT molecular complexity index is 978. The maximum absolute atomic E-state index is 12.6. The number of hydrogen-bond donors (Lipinski definition) is 1. The summed E-state index contributed by atoms with van der Waals surface area (Å²) in [6.45, 7) is 5.94. The van der Waals surface area contributed by atoms with Crippen molar-refractivity contribution in [2.24, 2.45) is 0 Å². The highest BCUT2D eigenvalue weighted by Gasteiger charge is 2.27. The standard InChI is InChI=1S/C23H29N3O4S/c27-23(21-7-9-22(10-8-21)31(28,29)26-11-1-2-12-26)24-17-19-3-5-20(6-4-19)18-25-13-15-30-16-14-25/h3-10H,1-2,11-18H2,(H,24,27). The minimum absolute atomic E-state index is 0.220. The average Bonchev–Trinajstić information content (AvgIpc) is 3.35. The van der Waals surface area contributed by atoms with Crippen LogP contribution < -0.4 is 5.32 Å². The molecule has 0 spiro atoms. The number of hydrogen-bond acceptors (Lipinski definition) is 5. The highest BCUT2D eigenvalue weighted by atomic mass is 32.2. The van der Waals surface area contributed by atoms with Gasteiger partial charge in [-0.2, -0.15) is 4.31 Å². The molecule has 2 aliphatic rings. The first-order chi connectivity index (χ1) is 15.0. The fraction of sp³-hybridized carbons (Fsp3) is 0.435. The zero-order chi connectivity index (χ0) is 21.7. The zero-order valence-electron chi connectivity index (χ0n) is 17.6. The third-order valence-electron chi connectivity index (χ3n) is 5.81. The van der Waals surface area contributed by atoms with E-state index in [-0.39, 0.29) is 10.8 Å². The number of carbonyl (C=O) groups excluding carboxylic acids is 1. The van der Waals surface area contributed by atoms with E-state index in [0.29, 0.717) is 25.2 Å². The van der Waals surface area contributed by atoms with Crippen LogP contribution >= 0.6 is 0 Å². The number of rotatable bonds is 7. The smallest absolute Gasteiger partial charge is 0.251 e. The van der Waals surface area contributed by atoms with E-state index in [4.69, 9.17) is 4.74 Å². The van der Waals surface area contributed by atoms with E-state index in [9.17, 15) is 13.2 Å². The molecule has 31 heavy (non-hydrogen) atoms. The van der Waals surface area contributed by atoms with Crippen LogP contribution in [0.5, 0.6) is 0 Å². The van der Waals surface area contributed by atoms with Gasteiger partial charge in [-0.25, -0.2) is 8.42 Å². The highest BCUT2D eigenvalue weighted by Crippen LogP contribution is 2.21. The number of benzene rings is 2. The van der Waals surface area contributed by atoms with E-state index in [1.165, 1.54) is 22.0 Å². The lowest BCUT2D eigenvalue weighted by molar-refractivity contribution is 0.0342. The SMILES string of the molecule is O=C(NCc1ccc(CN2CCOCC2)cc1)c1ccc(S(=O)(=O)N2CCCC2)cc1. The summed E-state index contributed by atoms with van der Waals surface area (Å²) >= 11 is 0. The molecule has 2 aliphatic heterocycles. The second kappa shape index (κ2) is 9.91. The van der Waals surface area contributed by atoms with Crippen LogP contribution in [0.15, 0.2) is 53.4 Å². The summed E-state index contributed by atoms with van der Waals surface area (Å²) in [5.41, 5.74) is 2.71. The monoisotopic (exact) mass is 443 g/mol. The Balaban J connectivity index is 1.30. The number of nitrogens with one attached hydrogen (secondary N) is 1. The van der Waals surface area contributed by atoms with Gasteiger partial charge in [0.2, 0.25) is 10.0 Å². The molecule has 0 aliphatic carbocycles. The van der Waals surface area contributed by atoms with Gasteiger partial charge >= 0.3 is 0 Å². The van der Waals surface area contributed by atoms with Crippen LogP contribution in [0, 0.1) is 0 Å². The number of amides is 1. The van der Waals surface area contributed by atoms with Crippen LogP contribution in [-0.4, -0.2) is 62.9 Å². The highest BCUT2D eigenvalue weighted by molar-refractivity contribution is 7.89. The molecule has 4 rings (SSSR count). The van der Waals surface area contributed by atoms with Crippen molar-refractivity contribution in [1.29, 1.82) is 0 Å². The number of carbonyl (C=O) groups is 1. The number of ether oxygens (including phenoxy) is 1. The first-order valence-corrected chi connectivity index (χ1v) is 12.2. The van der Waals surface area contributed by atoms with Crippen molar-refractivity contribution in [3.8, 4) is 0 Å². The van der Waals surface area contributed by atoms with Gasteiger partial charge in [0.25, 0.3) is 5.91 Å². The summed E-state index contributed by atoms with van der Waals surface area (Å²) in [7, 11) is -3.46. The minimum Gasteiger partial charge on any atom is -0.379 e. The van der Waals surface area contributed by atoms with Crippen LogP contribution in [0.4, 0.5) is 0 Å². The first-order valence-electron chi connectivity index (χ1n) is 10.8. The number of nitrogens with zero attached hydrogens (tertiary/aromatic N) is 2. The maximum atomic E-state index is 12.6. The van der Waals surface area contributed by atoms with Crippen LogP contribution in [0.2, 0.25) is 0 Å². The Labute approximate surface area is 184 Å². The van der Waals surface area contributed by atoms with Crippen molar-refractivity contribution in [3.05, 3.63) is 65.2 Å². The molecule has 8 heteroatoms. The van der Waals surface area contributed by atoms with E-state index < -0.39 is 10.0 Å². The van der Waals surface area contributed by atoms with Gasteiger partial charge in [-0.05, 0) is 48.2 Å². The zero-order valence-corrected chi connectivity index (χ0v) is 18.4. The molecular weight excluding hydrogens is 414 g/mol. The normalized spacial score (nSPS) is 18.2. The molecule has 1 amide bonds. The van der Waals surface area contributed by atoms with Gasteiger partial charge in [-0.3, -0.25) is 9.69 Å². The van der Waals surface area contributed by atoms with Crippen LogP contribution in [-0.2, 0) is 27.8 Å². The summed E-state index contributed by atoms with van der Waals surface area (Å²) in [4.78, 5) is 15.1. The van der Waals surface area contributed by atoms with E-state index in [2.05, 4.69) is 22.3 Å². The third-order valence-corrected chi connectivity index (χ3v) is 7.72. The minimum atomic E-state index is -3.46. The fourth-order valence-electron chi connectivity index (χ4n) is 3.92. The van der Waals surface area contributed by atoms with Gasteiger partial charge in [-0.1, -0.05) is 24.3 Å². The first kappa shape index (κ1) is 22.0. The van der Waals surface area contributed by atoms with Crippen molar-refractivity contribution in [2.45, 2.75) is 30.8 Å². The molecule has 7 nitrogen and oxygen atoms in total. The summed E-state index contributed by atoms with van der Waals surface area (Å²) in [6, 6.07) is 14.4. The van der Waals surface area contributed by atoms with Gasteiger partial charge < -0.3 is 10.1 Å². The molecule has 0 saturated carbocycles. The van der Waals surface area contributed by atoms with Crippen molar-refractivity contribution in [3.63, 3.8) is 0 Å². The Morgan fingerprint density at radius 3 is 2.13 bits per heavy atom. The van der Waals surface area contributed by atoms with Gasteiger partial charge in [0.1, 0.15) is 0 Å². The Morgan fingerprint density at radius 1 is 0.871 bits per heavy atom. The number of sulfonamides is 1. The third kappa shape index (κ3) is 5.51. The number of morpholine rings is 1. The van der Waals surface area contributed by atoms with E-state index in [1.54, 1.807) is 12.1 Å². The summed E-state index contributed by atoms with van der Waals surface area (Å²) < 4.78 is 32.1. The lowest BCUT2D eigenvalue weighted by Crippen LogP contribution is -2.35. The molecule has 166 valence electrons. The maximum Gasteiger partial charge on any atom is 0.251 e. The molecule has 2 aromatic carbocycles. The van der Waals surface area contributed by atoms with Crippen molar-refractivity contribution >= 4 is 15.9 Å². The largest absolute Gasteiger partial charge is 0.379 e. The van der Waals surface area contributed by atoms with E-state index >= 15 is 0 Å². The van der Waals surface area contributed by atoms with Gasteiger partial charge in [0.05, 0.1) is 18.1 Å². The predicted molar refractivity (Wildman–Crippen MR) is 118 cm³/mol. The lowest BCUT2D eigenvalue weighted by Gasteiger charge is -2.26. The molecule has 2 fully saturated rings. The Kier molecular flexibility index (Phi) is 7.02. The van der Waals surface area contributed by atoms with Gasteiger partial charge in [0, 0.05) is 44.8 Å². The van der Waals surface area contributed by atoms with Gasteiger partial charge in [-0.15, -0.1) is 0 Å². The van der Waals surface area contributed by atoms with Crippen molar-refractivity contribution in [2.75, 3.05) is 39.4 Å². The Hall–Kier alpha value is -2.26. The molecule has 2 aromatic rings. The quantitative estimate of drug-likeness (QED) is 0.710.